The molecule has 1 saturated carbocycles. The molecule has 2 aromatic rings. The van der Waals surface area contributed by atoms with Crippen molar-refractivity contribution in [3.8, 4) is 5.88 Å². The molecule has 0 radical (unpaired) electrons. The summed E-state index contributed by atoms with van der Waals surface area (Å²) in [6.07, 6.45) is 5.18. The number of carbonyl (C=O) groups excluding carboxylic acids is 1. The Morgan fingerprint density at radius 1 is 1.44 bits per heavy atom. The summed E-state index contributed by atoms with van der Waals surface area (Å²) in [4.78, 5) is 19.2. The minimum Gasteiger partial charge on any atom is -0.477 e. The van der Waals surface area contributed by atoms with E-state index in [9.17, 15) is 4.79 Å². The fraction of sp³-hybridized carbons (Fsp3) is 0.526. The van der Waals surface area contributed by atoms with Gasteiger partial charge in [0.1, 0.15) is 11.3 Å². The van der Waals surface area contributed by atoms with Gasteiger partial charge in [0.25, 0.3) is 5.91 Å². The van der Waals surface area contributed by atoms with E-state index in [1.165, 1.54) is 6.42 Å². The van der Waals surface area contributed by atoms with Crippen LogP contribution in [0.2, 0.25) is 0 Å². The summed E-state index contributed by atoms with van der Waals surface area (Å²) in [5.74, 6) is 1.76. The number of fused-ring (bicyclic) bond motifs is 1. The number of amides is 1. The maximum absolute atomic E-state index is 13.0. The van der Waals surface area contributed by atoms with Crippen molar-refractivity contribution in [2.24, 2.45) is 11.3 Å². The topological polar surface area (TPSA) is 68.5 Å². The molecule has 0 bridgehead atoms. The summed E-state index contributed by atoms with van der Waals surface area (Å²) in [5.41, 5.74) is 1.31. The Morgan fingerprint density at radius 3 is 3.04 bits per heavy atom. The third-order valence-corrected chi connectivity index (χ3v) is 5.72. The van der Waals surface area contributed by atoms with Crippen molar-refractivity contribution in [2.75, 3.05) is 19.7 Å². The molecule has 1 aliphatic heterocycles. The van der Waals surface area contributed by atoms with Crippen LogP contribution in [0.1, 0.15) is 41.1 Å². The van der Waals surface area contributed by atoms with Gasteiger partial charge in [-0.05, 0) is 38.7 Å². The van der Waals surface area contributed by atoms with Gasteiger partial charge in [0, 0.05) is 30.8 Å². The van der Waals surface area contributed by atoms with Crippen molar-refractivity contribution in [1.82, 2.24) is 15.0 Å². The normalized spacial score (nSPS) is 25.2. The standard InChI is InChI=1S/C19H23N3O3/c1-13-17(14(2)25-21-13)18(23)22-10-15-6-5-8-19(15,11-22)12-24-16-7-3-4-9-20-16/h3-4,7,9,15H,5-6,8,10-12H2,1-2H3/t15-,19+/m0/s1. The largest absolute Gasteiger partial charge is 0.477 e. The van der Waals surface area contributed by atoms with Crippen molar-refractivity contribution in [3.05, 3.63) is 41.4 Å². The summed E-state index contributed by atoms with van der Waals surface area (Å²) >= 11 is 0. The van der Waals surface area contributed by atoms with E-state index in [4.69, 9.17) is 9.26 Å². The van der Waals surface area contributed by atoms with E-state index in [1.54, 1.807) is 13.1 Å². The van der Waals surface area contributed by atoms with Crippen LogP contribution in [-0.4, -0.2) is 40.6 Å². The molecule has 2 aliphatic rings. The lowest BCUT2D eigenvalue weighted by Crippen LogP contribution is -2.36. The predicted octanol–water partition coefficient (Wildman–Crippen LogP) is 3.01. The van der Waals surface area contributed by atoms with Crippen molar-refractivity contribution < 1.29 is 14.1 Å². The summed E-state index contributed by atoms with van der Waals surface area (Å²) < 4.78 is 11.2. The molecular weight excluding hydrogens is 318 g/mol. The van der Waals surface area contributed by atoms with Crippen molar-refractivity contribution in [2.45, 2.75) is 33.1 Å². The van der Waals surface area contributed by atoms with Crippen LogP contribution in [0.15, 0.2) is 28.9 Å². The van der Waals surface area contributed by atoms with Gasteiger partial charge in [0.05, 0.1) is 12.3 Å². The third-order valence-electron chi connectivity index (χ3n) is 5.72. The van der Waals surface area contributed by atoms with Gasteiger partial charge in [-0.3, -0.25) is 4.79 Å². The van der Waals surface area contributed by atoms with Gasteiger partial charge in [-0.25, -0.2) is 4.98 Å². The highest BCUT2D eigenvalue weighted by molar-refractivity contribution is 5.96. The zero-order valence-corrected chi connectivity index (χ0v) is 14.7. The fourth-order valence-electron chi connectivity index (χ4n) is 4.40. The first-order valence-corrected chi connectivity index (χ1v) is 8.85. The number of pyridine rings is 1. The zero-order valence-electron chi connectivity index (χ0n) is 14.7. The second-order valence-electron chi connectivity index (χ2n) is 7.29. The number of ether oxygens (including phenoxy) is 1. The fourth-order valence-corrected chi connectivity index (χ4v) is 4.40. The molecular formula is C19H23N3O3. The number of aromatic nitrogens is 2. The minimum atomic E-state index is 0.0304. The van der Waals surface area contributed by atoms with Crippen LogP contribution < -0.4 is 4.74 Å². The Balaban J connectivity index is 1.51. The van der Waals surface area contributed by atoms with Crippen LogP contribution in [0, 0.1) is 25.2 Å². The highest BCUT2D eigenvalue weighted by Crippen LogP contribution is 2.49. The quantitative estimate of drug-likeness (QED) is 0.855. The summed E-state index contributed by atoms with van der Waals surface area (Å²) in [7, 11) is 0. The summed E-state index contributed by atoms with van der Waals surface area (Å²) in [5, 5.41) is 3.92. The van der Waals surface area contributed by atoms with Crippen LogP contribution in [0.5, 0.6) is 5.88 Å². The smallest absolute Gasteiger partial charge is 0.259 e. The molecule has 2 fully saturated rings. The van der Waals surface area contributed by atoms with Crippen molar-refractivity contribution in [3.63, 3.8) is 0 Å². The minimum absolute atomic E-state index is 0.0304. The number of hydrogen-bond donors (Lipinski definition) is 0. The summed E-state index contributed by atoms with van der Waals surface area (Å²) in [6.45, 7) is 5.74. The molecule has 0 N–H and O–H groups in total. The summed E-state index contributed by atoms with van der Waals surface area (Å²) in [6, 6.07) is 5.68. The average Bonchev–Trinajstić information content (AvgIpc) is 3.26. The van der Waals surface area contributed by atoms with Crippen LogP contribution in [0.4, 0.5) is 0 Å². The molecule has 1 aliphatic carbocycles. The van der Waals surface area contributed by atoms with Crippen molar-refractivity contribution >= 4 is 5.91 Å². The molecule has 0 aromatic carbocycles. The van der Waals surface area contributed by atoms with Crippen LogP contribution in [0.3, 0.4) is 0 Å². The lowest BCUT2D eigenvalue weighted by Gasteiger charge is -2.28. The molecule has 25 heavy (non-hydrogen) atoms. The van der Waals surface area contributed by atoms with Crippen LogP contribution in [0.25, 0.3) is 0 Å². The van der Waals surface area contributed by atoms with Gasteiger partial charge in [-0.2, -0.15) is 0 Å². The van der Waals surface area contributed by atoms with Gasteiger partial charge in [0.15, 0.2) is 0 Å². The Morgan fingerprint density at radius 2 is 2.32 bits per heavy atom. The molecule has 2 atom stereocenters. The number of carbonyl (C=O) groups is 1. The lowest BCUT2D eigenvalue weighted by molar-refractivity contribution is 0.0742. The maximum atomic E-state index is 13.0. The van der Waals surface area contributed by atoms with E-state index in [0.717, 1.165) is 25.9 Å². The van der Waals surface area contributed by atoms with Gasteiger partial charge in [-0.1, -0.05) is 17.6 Å². The monoisotopic (exact) mass is 341 g/mol. The van der Waals surface area contributed by atoms with E-state index >= 15 is 0 Å². The van der Waals surface area contributed by atoms with Gasteiger partial charge in [0.2, 0.25) is 5.88 Å². The van der Waals surface area contributed by atoms with Gasteiger partial charge < -0.3 is 14.2 Å². The second kappa shape index (κ2) is 6.17. The molecule has 1 saturated heterocycles. The Labute approximate surface area is 147 Å². The highest BCUT2D eigenvalue weighted by Gasteiger charge is 2.51. The Bertz CT molecular complexity index is 754. The predicted molar refractivity (Wildman–Crippen MR) is 91.4 cm³/mol. The average molecular weight is 341 g/mol. The first-order chi connectivity index (χ1) is 12.1. The third kappa shape index (κ3) is 2.79. The first kappa shape index (κ1) is 16.1. The van der Waals surface area contributed by atoms with E-state index < -0.39 is 0 Å². The number of likely N-dealkylation sites (tertiary alicyclic amines) is 1. The van der Waals surface area contributed by atoms with Gasteiger partial charge in [-0.15, -0.1) is 0 Å². The van der Waals surface area contributed by atoms with Crippen LogP contribution in [-0.2, 0) is 0 Å². The van der Waals surface area contributed by atoms with E-state index in [0.29, 0.717) is 35.4 Å². The van der Waals surface area contributed by atoms with Gasteiger partial charge >= 0.3 is 0 Å². The second-order valence-corrected chi connectivity index (χ2v) is 7.29. The number of aryl methyl sites for hydroxylation is 2. The van der Waals surface area contributed by atoms with E-state index in [2.05, 4.69) is 10.1 Å². The lowest BCUT2D eigenvalue weighted by atomic mass is 9.81. The SMILES string of the molecule is Cc1noc(C)c1C(=O)N1C[C@@H]2CCC[C@]2(COc2ccccn2)C1. The molecule has 3 heterocycles. The Kier molecular flexibility index (Phi) is 3.98. The van der Waals surface area contributed by atoms with E-state index in [1.807, 2.05) is 30.0 Å². The number of rotatable bonds is 4. The number of hydrogen-bond acceptors (Lipinski definition) is 5. The van der Waals surface area contributed by atoms with Crippen molar-refractivity contribution in [1.29, 1.82) is 0 Å². The molecule has 1 amide bonds. The molecule has 2 aromatic heterocycles. The molecule has 0 spiro atoms. The van der Waals surface area contributed by atoms with E-state index in [-0.39, 0.29) is 11.3 Å². The molecule has 4 rings (SSSR count). The highest BCUT2D eigenvalue weighted by atomic mass is 16.5. The molecule has 132 valence electrons. The molecule has 0 unspecified atom stereocenters. The zero-order chi connectivity index (χ0) is 17.4. The van der Waals surface area contributed by atoms with Crippen LogP contribution >= 0.6 is 0 Å². The maximum Gasteiger partial charge on any atom is 0.259 e. The molecule has 6 heteroatoms. The Hall–Kier alpha value is -2.37. The molecule has 6 nitrogen and oxygen atoms in total. The number of nitrogens with zero attached hydrogens (tertiary/aromatic N) is 3. The first-order valence-electron chi connectivity index (χ1n) is 8.85.